The van der Waals surface area contributed by atoms with Gasteiger partial charge in [-0.15, -0.1) is 0 Å². The molecule has 0 atom stereocenters. The van der Waals surface area contributed by atoms with E-state index in [1.165, 1.54) is 161 Å². The molecule has 18 aromatic rings. The van der Waals surface area contributed by atoms with E-state index in [1.54, 1.807) is 0 Å². The molecule has 4 aliphatic rings. The predicted molar refractivity (Wildman–Crippen MR) is 477 cm³/mol. The molecule has 16 aromatic carbocycles. The van der Waals surface area contributed by atoms with Crippen LogP contribution in [0.4, 0.5) is 28.4 Å². The van der Waals surface area contributed by atoms with E-state index in [0.29, 0.717) is 0 Å². The smallest absolute Gasteiger partial charge is 0.0641 e. The summed E-state index contributed by atoms with van der Waals surface area (Å²) < 4.78 is 6.14. The second-order valence-corrected chi connectivity index (χ2v) is 31.4. The van der Waals surface area contributed by atoms with Crippen molar-refractivity contribution < 1.29 is 0 Å². The van der Waals surface area contributed by atoms with Crippen LogP contribution in [0, 0.1) is 7.43 Å². The Morgan fingerprint density at radius 1 is 0.250 bits per heavy atom. The first-order chi connectivity index (χ1) is 54.5. The fourth-order valence-electron chi connectivity index (χ4n) is 18.2. The first-order valence-electron chi connectivity index (χ1n) is 38.4. The molecule has 0 saturated heterocycles. The number of fused-ring (bicyclic) bond motifs is 20. The van der Waals surface area contributed by atoms with Crippen molar-refractivity contribution in [2.75, 3.05) is 10.2 Å². The van der Waals surface area contributed by atoms with E-state index in [0.717, 1.165) is 38.6 Å². The Balaban J connectivity index is 0.000000129. The lowest BCUT2D eigenvalue weighted by molar-refractivity contribution is 0.660. The van der Waals surface area contributed by atoms with Crippen molar-refractivity contribution in [2.24, 2.45) is 0 Å². The van der Waals surface area contributed by atoms with Crippen LogP contribution >= 0.6 is 15.9 Å². The lowest BCUT2D eigenvalue weighted by Gasteiger charge is -2.29. The Morgan fingerprint density at radius 2 is 0.589 bits per heavy atom. The van der Waals surface area contributed by atoms with Gasteiger partial charge < -0.3 is 26.8 Å². The highest BCUT2D eigenvalue weighted by Gasteiger charge is 2.39. The van der Waals surface area contributed by atoms with Gasteiger partial charge in [0.15, 0.2) is 0 Å². The van der Waals surface area contributed by atoms with Crippen LogP contribution in [0.2, 0.25) is 0 Å². The number of nitrogens with one attached hydrogen (secondary N) is 1. The van der Waals surface area contributed by atoms with E-state index in [2.05, 4.69) is 451 Å². The highest BCUT2D eigenvalue weighted by Crippen LogP contribution is 2.58. The minimum Gasteiger partial charge on any atom is -0.358 e. The van der Waals surface area contributed by atoms with E-state index >= 15 is 0 Å². The number of aromatic nitrogens is 2. The van der Waals surface area contributed by atoms with E-state index in [9.17, 15) is 0 Å². The first kappa shape index (κ1) is 69.2. The average Bonchev–Trinajstić information content (AvgIpc) is 1.56. The van der Waals surface area contributed by atoms with Gasteiger partial charge in [-0.25, -0.2) is 0 Å². The fourth-order valence-corrected chi connectivity index (χ4v) is 18.5. The van der Waals surface area contributed by atoms with E-state index in [1.807, 2.05) is 0 Å². The zero-order valence-corrected chi connectivity index (χ0v) is 64.8. The normalized spacial score (nSPS) is 13.0. The summed E-state index contributed by atoms with van der Waals surface area (Å²) in [4.78, 5) is 2.50. The lowest BCUT2D eigenvalue weighted by Crippen LogP contribution is -2.16. The zero-order chi connectivity index (χ0) is 74.5. The molecule has 0 radical (unpaired) electrons. The summed E-state index contributed by atoms with van der Waals surface area (Å²) in [7, 11) is 0. The molecular formula is C107H80BrN4-. The van der Waals surface area contributed by atoms with Crippen molar-refractivity contribution in [3.63, 3.8) is 0 Å². The summed E-state index contributed by atoms with van der Waals surface area (Å²) in [6.45, 7) is 9.32. The first-order valence-corrected chi connectivity index (χ1v) is 39.2. The fraction of sp³-hybridized carbons (Fsp3) is 0.0561. The Morgan fingerprint density at radius 3 is 1.08 bits per heavy atom. The summed E-state index contributed by atoms with van der Waals surface area (Å²) in [5.41, 5.74) is 40.8. The number of hydrogen-bond donors (Lipinski definition) is 1. The number of halogens is 1. The molecular weight excluding hydrogens is 1420 g/mol. The third-order valence-corrected chi connectivity index (χ3v) is 23.9. The largest absolute Gasteiger partial charge is 0.358 e. The maximum atomic E-state index is 3.74. The summed E-state index contributed by atoms with van der Waals surface area (Å²) in [5.74, 6) is 0. The third kappa shape index (κ3) is 11.6. The number of benzene rings is 16. The minimum atomic E-state index is -0.108. The van der Waals surface area contributed by atoms with Gasteiger partial charge in [0.25, 0.3) is 0 Å². The monoisotopic (exact) mass is 1500 g/mol. The van der Waals surface area contributed by atoms with Crippen molar-refractivity contribution in [1.82, 2.24) is 9.13 Å². The maximum absolute atomic E-state index is 3.74. The SMILES string of the molecule is CC1(C)c2ccccc2-c2ccc(Br)cc21.CC1(C)c2ccccc2-c2ccc(N3c4ccccc4-c4c(n(-c5cc(-c6ccccc6)cc(-c6ccccc6)c5)c5ccccc45)-c4ccccc43)cc21.[CH3-].c1ccc(-c2cc(-c3ccccc3)cc(-n3c4c(c5ccccc53)-c3ccccc3Nc3ccccc3-4)c2)cc1. The van der Waals surface area contributed by atoms with Crippen molar-refractivity contribution in [1.29, 1.82) is 0 Å². The quantitative estimate of drug-likeness (QED) is 0.161. The van der Waals surface area contributed by atoms with Gasteiger partial charge in [-0.2, -0.15) is 0 Å². The van der Waals surface area contributed by atoms with Gasteiger partial charge in [-0.3, -0.25) is 0 Å². The Labute approximate surface area is 664 Å². The summed E-state index contributed by atoms with van der Waals surface area (Å²) >= 11 is 3.56. The third-order valence-electron chi connectivity index (χ3n) is 23.4. The molecule has 4 heterocycles. The molecule has 2 aromatic heterocycles. The summed E-state index contributed by atoms with van der Waals surface area (Å²) in [6.07, 6.45) is 0. The number of anilines is 5. The van der Waals surface area contributed by atoms with Crippen molar-refractivity contribution in [3.8, 4) is 123 Å². The van der Waals surface area contributed by atoms with Crippen molar-refractivity contribution >= 4 is 66.2 Å². The highest BCUT2D eigenvalue weighted by atomic mass is 79.9. The van der Waals surface area contributed by atoms with Crippen LogP contribution in [0.25, 0.3) is 145 Å². The van der Waals surface area contributed by atoms with Crippen LogP contribution in [-0.2, 0) is 10.8 Å². The molecule has 0 bridgehead atoms. The lowest BCUT2D eigenvalue weighted by atomic mass is 9.82. The van der Waals surface area contributed by atoms with Gasteiger partial charge in [-0.1, -0.05) is 335 Å². The van der Waals surface area contributed by atoms with Gasteiger partial charge in [0.2, 0.25) is 0 Å². The van der Waals surface area contributed by atoms with Gasteiger partial charge in [0.05, 0.1) is 33.8 Å². The van der Waals surface area contributed by atoms with Crippen molar-refractivity contribution in [2.45, 2.75) is 38.5 Å². The van der Waals surface area contributed by atoms with E-state index < -0.39 is 0 Å². The summed E-state index contributed by atoms with van der Waals surface area (Å²) in [5, 5.41) is 6.22. The Bertz CT molecular complexity index is 6560. The molecule has 0 saturated carbocycles. The average molecular weight is 1500 g/mol. The van der Waals surface area contributed by atoms with Gasteiger partial charge in [0.1, 0.15) is 0 Å². The topological polar surface area (TPSA) is 25.1 Å². The second kappa shape index (κ2) is 28.0. The summed E-state index contributed by atoms with van der Waals surface area (Å²) in [6, 6.07) is 141. The van der Waals surface area contributed by atoms with Crippen molar-refractivity contribution in [3.05, 3.63) is 422 Å². The minimum absolute atomic E-state index is 0. The molecule has 4 nitrogen and oxygen atoms in total. The molecule has 0 amide bonds. The van der Waals surface area contributed by atoms with Crippen LogP contribution in [0.5, 0.6) is 0 Å². The number of para-hydroxylation sites is 6. The Kier molecular flexibility index (Phi) is 17.3. The molecule has 2 aliphatic heterocycles. The predicted octanol–water partition coefficient (Wildman–Crippen LogP) is 29.9. The van der Waals surface area contributed by atoms with Crippen LogP contribution < -0.4 is 10.2 Å². The molecule has 0 unspecified atom stereocenters. The molecule has 2 aliphatic carbocycles. The molecule has 0 spiro atoms. The van der Waals surface area contributed by atoms with E-state index in [-0.39, 0.29) is 18.3 Å². The van der Waals surface area contributed by atoms with Gasteiger partial charge in [0, 0.05) is 87.9 Å². The molecule has 112 heavy (non-hydrogen) atoms. The number of rotatable bonds is 7. The van der Waals surface area contributed by atoms with Crippen LogP contribution in [-0.4, -0.2) is 9.13 Å². The van der Waals surface area contributed by atoms with Crippen LogP contribution in [0.15, 0.2) is 393 Å². The molecule has 5 heteroatoms. The van der Waals surface area contributed by atoms with Gasteiger partial charge in [-0.05, 0) is 186 Å². The molecule has 0 fully saturated rings. The van der Waals surface area contributed by atoms with Crippen LogP contribution in [0.3, 0.4) is 0 Å². The second-order valence-electron chi connectivity index (χ2n) is 30.5. The number of nitrogens with zero attached hydrogens (tertiary/aromatic N) is 3. The highest BCUT2D eigenvalue weighted by molar-refractivity contribution is 9.10. The molecule has 536 valence electrons. The van der Waals surface area contributed by atoms with Crippen LogP contribution in [0.1, 0.15) is 49.9 Å². The van der Waals surface area contributed by atoms with E-state index in [4.69, 9.17) is 0 Å². The zero-order valence-electron chi connectivity index (χ0n) is 63.2. The Hall–Kier alpha value is -13.3. The standard InChI is InChI=1S/C53H38N2.C38H26N2.C15H13Br.CH3/c1-53(2)46-25-13-9-21-41(46)42-30-29-39(34-47(42)53)54-48-26-14-10-22-43(48)51-44-23-11-15-27-49(44)55(52(51)45-24-12-16-28-50(45)54)40-32-37(35-17-5-3-6-18-35)31-38(33-40)36-19-7-4-8-20-36;1-3-13-26(14-4-1)28-23-29(27-15-5-2-6-16-27)25-30(24-28)40-36-22-12-9-19-33(36)37-31-17-7-10-20-34(31)39-35-21-11-8-18-32(35)38(37)40;1-15(2)13-6-4-3-5-11(13)12-8-7-10(16)9-14(12)15;/h3-34H,1-2H3;1-25,39H;3-9H,1-2H3;1H3/q;;;-1. The molecule has 1 N–H and O–H groups in total. The number of hydrogen-bond acceptors (Lipinski definition) is 2. The molecule has 22 rings (SSSR count). The maximum Gasteiger partial charge on any atom is 0.0641 e. The van der Waals surface area contributed by atoms with Gasteiger partial charge >= 0.3 is 0 Å².